The smallest absolute Gasteiger partial charge is 0.129 e. The summed E-state index contributed by atoms with van der Waals surface area (Å²) in [6.45, 7) is 11.6. The lowest BCUT2D eigenvalue weighted by atomic mass is 10.1. The fourth-order valence-corrected chi connectivity index (χ4v) is 2.41. The summed E-state index contributed by atoms with van der Waals surface area (Å²) < 4.78 is 0. The number of nitrogens with one attached hydrogen (secondary N) is 1. The van der Waals surface area contributed by atoms with E-state index in [2.05, 4.69) is 61.1 Å². The number of nitrogens with zero attached hydrogens (tertiary/aromatic N) is 2. The van der Waals surface area contributed by atoms with E-state index in [1.54, 1.807) is 0 Å². The Morgan fingerprint density at radius 1 is 1.32 bits per heavy atom. The number of aromatic nitrogens is 1. The zero-order chi connectivity index (χ0) is 13.8. The second kappa shape index (κ2) is 6.20. The molecule has 104 valence electrons. The van der Waals surface area contributed by atoms with E-state index in [1.807, 2.05) is 0 Å². The Morgan fingerprint density at radius 2 is 2.11 bits per heavy atom. The van der Waals surface area contributed by atoms with Gasteiger partial charge in [-0.15, -0.1) is 0 Å². The monoisotopic (exact) mass is 259 g/mol. The lowest BCUT2D eigenvalue weighted by Gasteiger charge is -2.28. The van der Waals surface area contributed by atoms with E-state index >= 15 is 0 Å². The minimum absolute atomic E-state index is 0.511. The molecule has 3 heteroatoms. The Labute approximate surface area is 116 Å². The zero-order valence-electron chi connectivity index (χ0n) is 12.5. The van der Waals surface area contributed by atoms with E-state index in [1.165, 1.54) is 11.1 Å². The van der Waals surface area contributed by atoms with Crippen LogP contribution in [0.25, 0.3) is 0 Å². The lowest BCUT2D eigenvalue weighted by molar-refractivity contribution is 0.588. The van der Waals surface area contributed by atoms with Crippen LogP contribution in [-0.2, 0) is 6.54 Å². The molecule has 0 unspecified atom stereocenters. The highest BCUT2D eigenvalue weighted by Crippen LogP contribution is 2.19. The van der Waals surface area contributed by atoms with E-state index in [9.17, 15) is 0 Å². The molecule has 19 heavy (non-hydrogen) atoms. The zero-order valence-corrected chi connectivity index (χ0v) is 12.5. The molecule has 0 radical (unpaired) electrons. The molecule has 1 N–H and O–H groups in total. The summed E-state index contributed by atoms with van der Waals surface area (Å²) in [6, 6.07) is 4.91. The van der Waals surface area contributed by atoms with Crippen LogP contribution in [0.5, 0.6) is 0 Å². The van der Waals surface area contributed by atoms with Crippen LogP contribution < -0.4 is 10.2 Å². The second-order valence-electron chi connectivity index (χ2n) is 5.77. The van der Waals surface area contributed by atoms with Gasteiger partial charge in [-0.05, 0) is 38.0 Å². The van der Waals surface area contributed by atoms with Gasteiger partial charge in [0.25, 0.3) is 0 Å². The van der Waals surface area contributed by atoms with Gasteiger partial charge in [0.15, 0.2) is 0 Å². The molecule has 1 aliphatic rings. The summed E-state index contributed by atoms with van der Waals surface area (Å²) in [5, 5.41) is 3.47. The van der Waals surface area contributed by atoms with Gasteiger partial charge in [0, 0.05) is 31.4 Å². The summed E-state index contributed by atoms with van der Waals surface area (Å²) in [4.78, 5) is 7.07. The summed E-state index contributed by atoms with van der Waals surface area (Å²) in [5.41, 5.74) is 3.87. The average molecular weight is 259 g/mol. The van der Waals surface area contributed by atoms with Crippen LogP contribution in [0.4, 0.5) is 5.82 Å². The van der Waals surface area contributed by atoms with Crippen molar-refractivity contribution < 1.29 is 0 Å². The first-order valence-corrected chi connectivity index (χ1v) is 7.16. The largest absolute Gasteiger partial charge is 0.352 e. The van der Waals surface area contributed by atoms with Crippen LogP contribution in [0.15, 0.2) is 23.8 Å². The average Bonchev–Trinajstić information content (AvgIpc) is 2.36. The number of hydrogen-bond donors (Lipinski definition) is 1. The number of anilines is 1. The number of pyridine rings is 1. The molecule has 0 fully saturated rings. The molecule has 0 aromatic carbocycles. The second-order valence-corrected chi connectivity index (χ2v) is 5.77. The number of hydrogen-bond acceptors (Lipinski definition) is 3. The minimum Gasteiger partial charge on any atom is -0.352 e. The Morgan fingerprint density at radius 3 is 2.79 bits per heavy atom. The molecule has 0 bridgehead atoms. The molecule has 2 heterocycles. The maximum Gasteiger partial charge on any atom is 0.129 e. The molecule has 1 aliphatic heterocycles. The van der Waals surface area contributed by atoms with Crippen molar-refractivity contribution in [2.75, 3.05) is 18.0 Å². The Kier molecular flexibility index (Phi) is 4.59. The molecule has 0 saturated heterocycles. The van der Waals surface area contributed by atoms with Gasteiger partial charge in [-0.25, -0.2) is 4.98 Å². The number of rotatable bonds is 4. The Balaban J connectivity index is 2.14. The highest BCUT2D eigenvalue weighted by Gasteiger charge is 2.13. The predicted molar refractivity (Wildman–Crippen MR) is 81.5 cm³/mol. The van der Waals surface area contributed by atoms with Crippen LogP contribution >= 0.6 is 0 Å². The molecule has 0 aliphatic carbocycles. The van der Waals surface area contributed by atoms with E-state index in [0.29, 0.717) is 6.04 Å². The molecule has 3 nitrogen and oxygen atoms in total. The maximum absolute atomic E-state index is 4.69. The van der Waals surface area contributed by atoms with Crippen molar-refractivity contribution in [3.05, 3.63) is 35.0 Å². The van der Waals surface area contributed by atoms with Crippen molar-refractivity contribution in [1.29, 1.82) is 0 Å². The quantitative estimate of drug-likeness (QED) is 0.842. The van der Waals surface area contributed by atoms with E-state index < -0.39 is 0 Å². The van der Waals surface area contributed by atoms with Crippen molar-refractivity contribution in [1.82, 2.24) is 10.3 Å². The first-order valence-electron chi connectivity index (χ1n) is 7.16. The number of aryl methyl sites for hydroxylation is 1. The van der Waals surface area contributed by atoms with Crippen LogP contribution in [0.3, 0.4) is 0 Å². The third kappa shape index (κ3) is 4.06. The summed E-state index contributed by atoms with van der Waals surface area (Å²) >= 11 is 0. The van der Waals surface area contributed by atoms with Gasteiger partial charge in [-0.2, -0.15) is 0 Å². The van der Waals surface area contributed by atoms with E-state index in [4.69, 9.17) is 0 Å². The van der Waals surface area contributed by atoms with Crippen molar-refractivity contribution >= 4 is 5.82 Å². The SMILES string of the molecule is CC1=CCCN(c2cc(CNC(C)C)cc(C)n2)C1. The van der Waals surface area contributed by atoms with Gasteiger partial charge in [0.2, 0.25) is 0 Å². The Hall–Kier alpha value is -1.35. The van der Waals surface area contributed by atoms with Crippen LogP contribution in [0.2, 0.25) is 0 Å². The van der Waals surface area contributed by atoms with Gasteiger partial charge in [0.1, 0.15) is 5.82 Å². The fourth-order valence-electron chi connectivity index (χ4n) is 2.41. The Bertz CT molecular complexity index is 463. The van der Waals surface area contributed by atoms with Crippen molar-refractivity contribution in [3.63, 3.8) is 0 Å². The third-order valence-corrected chi connectivity index (χ3v) is 3.37. The first-order chi connectivity index (χ1) is 9.04. The fraction of sp³-hybridized carbons (Fsp3) is 0.562. The molecular weight excluding hydrogens is 234 g/mol. The summed E-state index contributed by atoms with van der Waals surface area (Å²) in [6.07, 6.45) is 3.45. The molecule has 2 rings (SSSR count). The van der Waals surface area contributed by atoms with Gasteiger partial charge < -0.3 is 10.2 Å². The van der Waals surface area contributed by atoms with Crippen LogP contribution in [0.1, 0.15) is 38.4 Å². The highest BCUT2D eigenvalue weighted by molar-refractivity contribution is 5.45. The van der Waals surface area contributed by atoms with Crippen LogP contribution in [0, 0.1) is 6.92 Å². The highest BCUT2D eigenvalue weighted by atomic mass is 15.2. The van der Waals surface area contributed by atoms with Crippen molar-refractivity contribution in [3.8, 4) is 0 Å². The lowest BCUT2D eigenvalue weighted by Crippen LogP contribution is -2.30. The molecule has 1 aromatic heterocycles. The maximum atomic E-state index is 4.69. The van der Waals surface area contributed by atoms with Gasteiger partial charge >= 0.3 is 0 Å². The molecular formula is C16H25N3. The summed E-state index contributed by atoms with van der Waals surface area (Å²) in [7, 11) is 0. The normalized spacial score (nSPS) is 15.8. The van der Waals surface area contributed by atoms with Crippen molar-refractivity contribution in [2.45, 2.75) is 46.7 Å². The molecule has 0 saturated carbocycles. The standard InChI is InChI=1S/C16H25N3/c1-12(2)17-10-15-8-14(4)18-16(9-15)19-7-5-6-13(3)11-19/h6,8-9,12,17H,5,7,10-11H2,1-4H3. The van der Waals surface area contributed by atoms with Crippen molar-refractivity contribution in [2.24, 2.45) is 0 Å². The molecule has 0 spiro atoms. The molecule has 1 aromatic rings. The molecule has 0 amide bonds. The van der Waals surface area contributed by atoms with Gasteiger partial charge in [-0.3, -0.25) is 0 Å². The predicted octanol–water partition coefficient (Wildman–Crippen LogP) is 3.04. The van der Waals surface area contributed by atoms with E-state index in [-0.39, 0.29) is 0 Å². The third-order valence-electron chi connectivity index (χ3n) is 3.37. The van der Waals surface area contributed by atoms with Gasteiger partial charge in [0.05, 0.1) is 0 Å². The van der Waals surface area contributed by atoms with Gasteiger partial charge in [-0.1, -0.05) is 25.5 Å². The summed E-state index contributed by atoms with van der Waals surface area (Å²) in [5.74, 6) is 1.12. The first kappa shape index (κ1) is 14.1. The van der Waals surface area contributed by atoms with E-state index in [0.717, 1.165) is 37.6 Å². The van der Waals surface area contributed by atoms with Crippen LogP contribution in [-0.4, -0.2) is 24.1 Å². The topological polar surface area (TPSA) is 28.2 Å². The molecule has 0 atom stereocenters. The minimum atomic E-state index is 0.511.